The van der Waals surface area contributed by atoms with Crippen molar-refractivity contribution in [1.82, 2.24) is 5.32 Å². The lowest BCUT2D eigenvalue weighted by Gasteiger charge is -2.17. The van der Waals surface area contributed by atoms with Crippen LogP contribution in [0.1, 0.15) is 36.9 Å². The second kappa shape index (κ2) is 6.41. The highest BCUT2D eigenvalue weighted by Crippen LogP contribution is 2.34. The molecule has 0 bridgehead atoms. The zero-order valence-corrected chi connectivity index (χ0v) is 10.1. The summed E-state index contributed by atoms with van der Waals surface area (Å²) in [4.78, 5) is 0. The highest BCUT2D eigenvalue weighted by molar-refractivity contribution is 5.35. The normalized spacial score (nSPS) is 13.1. The first kappa shape index (κ1) is 14.5. The molecule has 0 heterocycles. The van der Waals surface area contributed by atoms with E-state index in [4.69, 9.17) is 5.26 Å². The van der Waals surface area contributed by atoms with E-state index in [2.05, 4.69) is 5.32 Å². The number of nitriles is 1. The zero-order chi connectivity index (χ0) is 13.6. The number of halogens is 3. The van der Waals surface area contributed by atoms with Crippen molar-refractivity contribution in [1.29, 1.82) is 5.26 Å². The predicted molar refractivity (Wildman–Crippen MR) is 62.7 cm³/mol. The Labute approximate surface area is 104 Å². The maximum absolute atomic E-state index is 12.8. The summed E-state index contributed by atoms with van der Waals surface area (Å²) in [5, 5.41) is 11.8. The van der Waals surface area contributed by atoms with Gasteiger partial charge in [-0.1, -0.05) is 31.5 Å². The first-order valence-electron chi connectivity index (χ1n) is 5.79. The van der Waals surface area contributed by atoms with E-state index in [1.807, 2.05) is 13.0 Å². The topological polar surface area (TPSA) is 35.8 Å². The number of hydrogen-bond donors (Lipinski definition) is 1. The van der Waals surface area contributed by atoms with E-state index in [1.54, 1.807) is 0 Å². The minimum Gasteiger partial charge on any atom is -0.298 e. The standard InChI is InChI=1S/C13H15F3N2/c1-2-3-8-18-12(9-17)10-6-4-5-7-11(10)13(14,15)16/h4-7,12,18H,2-3,8H2,1H3. The fourth-order valence-electron chi connectivity index (χ4n) is 1.66. The van der Waals surface area contributed by atoms with Gasteiger partial charge in [-0.05, 0) is 24.6 Å². The molecule has 1 rings (SSSR count). The largest absolute Gasteiger partial charge is 0.416 e. The average molecular weight is 256 g/mol. The van der Waals surface area contributed by atoms with Crippen molar-refractivity contribution >= 4 is 0 Å². The van der Waals surface area contributed by atoms with Gasteiger partial charge in [0.15, 0.2) is 0 Å². The van der Waals surface area contributed by atoms with Crippen molar-refractivity contribution in [3.8, 4) is 6.07 Å². The Hall–Kier alpha value is -1.54. The van der Waals surface area contributed by atoms with Gasteiger partial charge in [0.25, 0.3) is 0 Å². The van der Waals surface area contributed by atoms with Gasteiger partial charge in [0.05, 0.1) is 11.6 Å². The SMILES string of the molecule is CCCCNC(C#N)c1ccccc1C(F)(F)F. The monoisotopic (exact) mass is 256 g/mol. The maximum Gasteiger partial charge on any atom is 0.416 e. The van der Waals surface area contributed by atoms with Crippen LogP contribution in [0.2, 0.25) is 0 Å². The lowest BCUT2D eigenvalue weighted by atomic mass is 10.0. The molecule has 1 unspecified atom stereocenters. The van der Waals surface area contributed by atoms with E-state index in [-0.39, 0.29) is 5.56 Å². The van der Waals surface area contributed by atoms with Gasteiger partial charge in [-0.2, -0.15) is 18.4 Å². The molecule has 5 heteroatoms. The van der Waals surface area contributed by atoms with Crippen LogP contribution in [-0.2, 0) is 6.18 Å². The molecule has 0 saturated carbocycles. The number of nitrogens with zero attached hydrogens (tertiary/aromatic N) is 1. The van der Waals surface area contributed by atoms with Crippen LogP contribution in [0, 0.1) is 11.3 Å². The minimum atomic E-state index is -4.43. The quantitative estimate of drug-likeness (QED) is 0.816. The molecule has 0 fully saturated rings. The number of rotatable bonds is 5. The van der Waals surface area contributed by atoms with Crippen molar-refractivity contribution in [2.45, 2.75) is 32.0 Å². The Kier molecular flexibility index (Phi) is 5.17. The lowest BCUT2D eigenvalue weighted by molar-refractivity contribution is -0.138. The molecular weight excluding hydrogens is 241 g/mol. The van der Waals surface area contributed by atoms with E-state index in [0.29, 0.717) is 6.54 Å². The van der Waals surface area contributed by atoms with Gasteiger partial charge in [-0.25, -0.2) is 0 Å². The van der Waals surface area contributed by atoms with Crippen LogP contribution in [0.4, 0.5) is 13.2 Å². The van der Waals surface area contributed by atoms with E-state index in [9.17, 15) is 13.2 Å². The third kappa shape index (κ3) is 3.74. The average Bonchev–Trinajstić information content (AvgIpc) is 2.34. The van der Waals surface area contributed by atoms with Gasteiger partial charge in [-0.15, -0.1) is 0 Å². The molecule has 1 aromatic rings. The molecule has 0 aliphatic carbocycles. The van der Waals surface area contributed by atoms with Crippen LogP contribution < -0.4 is 5.32 Å². The van der Waals surface area contributed by atoms with Crippen molar-refractivity contribution in [3.05, 3.63) is 35.4 Å². The Morgan fingerprint density at radius 2 is 2.00 bits per heavy atom. The summed E-state index contributed by atoms with van der Waals surface area (Å²) in [5.41, 5.74) is -0.760. The van der Waals surface area contributed by atoms with Crippen molar-refractivity contribution in [2.75, 3.05) is 6.54 Å². The molecule has 18 heavy (non-hydrogen) atoms. The smallest absolute Gasteiger partial charge is 0.298 e. The van der Waals surface area contributed by atoms with Crippen LogP contribution in [-0.4, -0.2) is 6.54 Å². The molecule has 0 aliphatic rings. The summed E-state index contributed by atoms with van der Waals surface area (Å²) in [6.07, 6.45) is -2.68. The molecule has 0 spiro atoms. The summed E-state index contributed by atoms with van der Waals surface area (Å²) in [5.74, 6) is 0. The van der Waals surface area contributed by atoms with Gasteiger partial charge >= 0.3 is 6.18 Å². The molecule has 1 atom stereocenters. The van der Waals surface area contributed by atoms with Crippen molar-refractivity contribution in [3.63, 3.8) is 0 Å². The van der Waals surface area contributed by atoms with Crippen LogP contribution >= 0.6 is 0 Å². The van der Waals surface area contributed by atoms with Crippen molar-refractivity contribution in [2.24, 2.45) is 0 Å². The zero-order valence-electron chi connectivity index (χ0n) is 10.1. The highest BCUT2D eigenvalue weighted by Gasteiger charge is 2.34. The Balaban J connectivity index is 2.96. The van der Waals surface area contributed by atoms with Gasteiger partial charge in [-0.3, -0.25) is 5.32 Å². The van der Waals surface area contributed by atoms with Crippen molar-refractivity contribution < 1.29 is 13.2 Å². The van der Waals surface area contributed by atoms with E-state index < -0.39 is 17.8 Å². The molecule has 0 saturated heterocycles. The molecule has 0 radical (unpaired) electrons. The van der Waals surface area contributed by atoms with Gasteiger partial charge in [0.1, 0.15) is 6.04 Å². The second-order valence-corrected chi connectivity index (χ2v) is 3.95. The summed E-state index contributed by atoms with van der Waals surface area (Å²) < 4.78 is 38.4. The lowest BCUT2D eigenvalue weighted by Crippen LogP contribution is -2.24. The molecule has 1 aromatic carbocycles. The number of hydrogen-bond acceptors (Lipinski definition) is 2. The molecule has 0 amide bonds. The second-order valence-electron chi connectivity index (χ2n) is 3.95. The molecular formula is C13H15F3N2. The molecule has 98 valence electrons. The van der Waals surface area contributed by atoms with Crippen LogP contribution in [0.15, 0.2) is 24.3 Å². The molecule has 0 aromatic heterocycles. The maximum atomic E-state index is 12.8. The van der Waals surface area contributed by atoms with Gasteiger partial charge in [0, 0.05) is 0 Å². The van der Waals surface area contributed by atoms with E-state index in [0.717, 1.165) is 18.9 Å². The third-order valence-corrected chi connectivity index (χ3v) is 2.59. The summed E-state index contributed by atoms with van der Waals surface area (Å²) in [7, 11) is 0. The number of benzene rings is 1. The first-order valence-corrected chi connectivity index (χ1v) is 5.79. The van der Waals surface area contributed by atoms with E-state index >= 15 is 0 Å². The Morgan fingerprint density at radius 1 is 1.33 bits per heavy atom. The van der Waals surface area contributed by atoms with Crippen LogP contribution in [0.3, 0.4) is 0 Å². The van der Waals surface area contributed by atoms with Crippen LogP contribution in [0.25, 0.3) is 0 Å². The summed E-state index contributed by atoms with van der Waals surface area (Å²) in [6, 6.07) is 6.14. The number of nitrogens with one attached hydrogen (secondary N) is 1. The third-order valence-electron chi connectivity index (χ3n) is 2.59. The summed E-state index contributed by atoms with van der Waals surface area (Å²) in [6.45, 7) is 2.51. The predicted octanol–water partition coefficient (Wildman–Crippen LogP) is 3.66. The first-order chi connectivity index (χ1) is 8.50. The van der Waals surface area contributed by atoms with E-state index in [1.165, 1.54) is 18.2 Å². The van der Waals surface area contributed by atoms with Gasteiger partial charge in [0.2, 0.25) is 0 Å². The van der Waals surface area contributed by atoms with Crippen LogP contribution in [0.5, 0.6) is 0 Å². The Morgan fingerprint density at radius 3 is 2.56 bits per heavy atom. The minimum absolute atomic E-state index is 0.0106. The summed E-state index contributed by atoms with van der Waals surface area (Å²) >= 11 is 0. The fraction of sp³-hybridized carbons (Fsp3) is 0.462. The Bertz CT molecular complexity index is 421. The molecule has 2 nitrogen and oxygen atoms in total. The molecule has 0 aliphatic heterocycles. The fourth-order valence-corrected chi connectivity index (χ4v) is 1.66. The molecule has 1 N–H and O–H groups in total. The highest BCUT2D eigenvalue weighted by atomic mass is 19.4. The number of alkyl halides is 3. The van der Waals surface area contributed by atoms with Gasteiger partial charge < -0.3 is 0 Å². The number of unbranched alkanes of at least 4 members (excludes halogenated alkanes) is 1.